The van der Waals surface area contributed by atoms with Gasteiger partial charge in [-0.3, -0.25) is 0 Å². The zero-order chi connectivity index (χ0) is 10.8. The van der Waals surface area contributed by atoms with E-state index in [0.29, 0.717) is 6.01 Å². The Labute approximate surface area is 87.0 Å². The standard InChI is InChI=1S/C10H12N2O3/c1-7-2-4-12(5-3-7)10-11-8(6-15-10)9(13)14/h2,6H,3-5H2,1H3,(H,13,14). The minimum atomic E-state index is -1.06. The fourth-order valence-corrected chi connectivity index (χ4v) is 1.45. The summed E-state index contributed by atoms with van der Waals surface area (Å²) in [5.41, 5.74) is 1.30. The number of anilines is 1. The lowest BCUT2D eigenvalue weighted by molar-refractivity contribution is 0.0690. The van der Waals surface area contributed by atoms with E-state index < -0.39 is 5.97 Å². The summed E-state index contributed by atoms with van der Waals surface area (Å²) in [6, 6.07) is 0.385. The average Bonchev–Trinajstić information content (AvgIpc) is 2.68. The van der Waals surface area contributed by atoms with Crippen molar-refractivity contribution in [2.24, 2.45) is 0 Å². The number of hydrogen-bond acceptors (Lipinski definition) is 4. The van der Waals surface area contributed by atoms with Gasteiger partial charge in [-0.2, -0.15) is 4.98 Å². The molecule has 5 heteroatoms. The van der Waals surface area contributed by atoms with E-state index in [1.165, 1.54) is 11.8 Å². The van der Waals surface area contributed by atoms with Crippen molar-refractivity contribution in [3.63, 3.8) is 0 Å². The first kappa shape index (κ1) is 9.76. The van der Waals surface area contributed by atoms with Crippen LogP contribution in [-0.4, -0.2) is 29.1 Å². The molecule has 15 heavy (non-hydrogen) atoms. The second kappa shape index (κ2) is 3.76. The quantitative estimate of drug-likeness (QED) is 0.746. The molecule has 0 bridgehead atoms. The first-order chi connectivity index (χ1) is 7.16. The topological polar surface area (TPSA) is 66.6 Å². The maximum atomic E-state index is 10.6. The van der Waals surface area contributed by atoms with Crippen LogP contribution in [0.25, 0.3) is 0 Å². The van der Waals surface area contributed by atoms with E-state index in [2.05, 4.69) is 18.0 Å². The van der Waals surface area contributed by atoms with Gasteiger partial charge in [-0.15, -0.1) is 0 Å². The molecule has 0 fully saturated rings. The van der Waals surface area contributed by atoms with Crippen LogP contribution in [0.4, 0.5) is 6.01 Å². The number of carbonyl (C=O) groups is 1. The summed E-state index contributed by atoms with van der Waals surface area (Å²) >= 11 is 0. The van der Waals surface area contributed by atoms with Crippen LogP contribution in [0.2, 0.25) is 0 Å². The second-order valence-corrected chi connectivity index (χ2v) is 3.57. The normalized spacial score (nSPS) is 16.3. The number of rotatable bonds is 2. The number of carboxylic acid groups (broad SMARTS) is 1. The molecule has 2 heterocycles. The molecule has 1 aliphatic rings. The van der Waals surface area contributed by atoms with E-state index in [1.807, 2.05) is 4.90 Å². The Morgan fingerprint density at radius 3 is 3.00 bits per heavy atom. The lowest BCUT2D eigenvalue weighted by Crippen LogP contribution is -2.28. The summed E-state index contributed by atoms with van der Waals surface area (Å²) < 4.78 is 5.11. The molecule has 0 atom stereocenters. The number of aromatic nitrogens is 1. The molecular formula is C10H12N2O3. The number of oxazole rings is 1. The molecule has 0 spiro atoms. The predicted octanol–water partition coefficient (Wildman–Crippen LogP) is 1.53. The minimum Gasteiger partial charge on any atom is -0.476 e. The van der Waals surface area contributed by atoms with Gasteiger partial charge in [0.25, 0.3) is 6.01 Å². The Kier molecular flexibility index (Phi) is 2.45. The Balaban J connectivity index is 2.13. The van der Waals surface area contributed by atoms with Crippen LogP contribution in [0.5, 0.6) is 0 Å². The second-order valence-electron chi connectivity index (χ2n) is 3.57. The largest absolute Gasteiger partial charge is 0.476 e. The van der Waals surface area contributed by atoms with Gasteiger partial charge in [-0.05, 0) is 13.3 Å². The number of nitrogens with zero attached hydrogens (tertiary/aromatic N) is 2. The predicted molar refractivity (Wildman–Crippen MR) is 54.0 cm³/mol. The molecule has 1 aromatic rings. The van der Waals surface area contributed by atoms with Crippen molar-refractivity contribution in [1.29, 1.82) is 0 Å². The molecule has 0 saturated carbocycles. The van der Waals surface area contributed by atoms with Crippen LogP contribution >= 0.6 is 0 Å². The molecule has 1 aliphatic heterocycles. The third kappa shape index (κ3) is 2.01. The van der Waals surface area contributed by atoms with Crippen molar-refractivity contribution in [2.45, 2.75) is 13.3 Å². The first-order valence-electron chi connectivity index (χ1n) is 4.76. The highest BCUT2D eigenvalue weighted by atomic mass is 16.4. The molecule has 0 amide bonds. The van der Waals surface area contributed by atoms with Gasteiger partial charge in [0.05, 0.1) is 0 Å². The van der Waals surface area contributed by atoms with E-state index in [0.717, 1.165) is 19.5 Å². The Morgan fingerprint density at radius 2 is 2.47 bits per heavy atom. The van der Waals surface area contributed by atoms with Gasteiger partial charge in [-0.1, -0.05) is 11.6 Å². The highest BCUT2D eigenvalue weighted by molar-refractivity contribution is 5.85. The Morgan fingerprint density at radius 1 is 1.67 bits per heavy atom. The van der Waals surface area contributed by atoms with Crippen LogP contribution < -0.4 is 4.90 Å². The molecule has 0 radical (unpaired) electrons. The molecule has 1 aromatic heterocycles. The van der Waals surface area contributed by atoms with Crippen LogP contribution in [0.1, 0.15) is 23.8 Å². The van der Waals surface area contributed by atoms with E-state index in [1.54, 1.807) is 0 Å². The lowest BCUT2D eigenvalue weighted by atomic mass is 10.1. The molecule has 5 nitrogen and oxygen atoms in total. The third-order valence-electron chi connectivity index (χ3n) is 2.42. The van der Waals surface area contributed by atoms with Crippen molar-refractivity contribution in [3.05, 3.63) is 23.6 Å². The van der Waals surface area contributed by atoms with Gasteiger partial charge in [0.1, 0.15) is 6.26 Å². The summed E-state index contributed by atoms with van der Waals surface area (Å²) in [5.74, 6) is -1.06. The van der Waals surface area contributed by atoms with Crippen LogP contribution in [0.15, 0.2) is 22.3 Å². The third-order valence-corrected chi connectivity index (χ3v) is 2.42. The lowest BCUT2D eigenvalue weighted by Gasteiger charge is -2.23. The zero-order valence-corrected chi connectivity index (χ0v) is 8.43. The smallest absolute Gasteiger partial charge is 0.357 e. The monoisotopic (exact) mass is 208 g/mol. The SMILES string of the molecule is CC1=CCN(c2nc(C(=O)O)co2)CC1. The number of hydrogen-bond donors (Lipinski definition) is 1. The minimum absolute atomic E-state index is 0.0451. The summed E-state index contributed by atoms with van der Waals surface area (Å²) in [7, 11) is 0. The average molecular weight is 208 g/mol. The van der Waals surface area contributed by atoms with Crippen LogP contribution in [-0.2, 0) is 0 Å². The maximum absolute atomic E-state index is 10.6. The summed E-state index contributed by atoms with van der Waals surface area (Å²) in [6.07, 6.45) is 4.22. The first-order valence-corrected chi connectivity index (χ1v) is 4.76. The summed E-state index contributed by atoms with van der Waals surface area (Å²) in [6.45, 7) is 3.63. The van der Waals surface area contributed by atoms with E-state index in [9.17, 15) is 4.79 Å². The van der Waals surface area contributed by atoms with Crippen molar-refractivity contribution in [2.75, 3.05) is 18.0 Å². The highest BCUT2D eigenvalue weighted by Gasteiger charge is 2.17. The summed E-state index contributed by atoms with van der Waals surface area (Å²) in [5, 5.41) is 8.69. The van der Waals surface area contributed by atoms with Gasteiger partial charge in [0, 0.05) is 13.1 Å². The zero-order valence-electron chi connectivity index (χ0n) is 8.43. The van der Waals surface area contributed by atoms with Crippen molar-refractivity contribution in [3.8, 4) is 0 Å². The van der Waals surface area contributed by atoms with E-state index in [4.69, 9.17) is 9.52 Å². The highest BCUT2D eigenvalue weighted by Crippen LogP contribution is 2.18. The fourth-order valence-electron chi connectivity index (χ4n) is 1.45. The van der Waals surface area contributed by atoms with Gasteiger partial charge < -0.3 is 14.4 Å². The molecular weight excluding hydrogens is 196 g/mol. The molecule has 0 saturated heterocycles. The maximum Gasteiger partial charge on any atom is 0.357 e. The van der Waals surface area contributed by atoms with Crippen molar-refractivity contribution >= 4 is 12.0 Å². The molecule has 2 rings (SSSR count). The molecule has 0 aromatic carbocycles. The van der Waals surface area contributed by atoms with Crippen LogP contribution in [0.3, 0.4) is 0 Å². The molecule has 1 N–H and O–H groups in total. The molecule has 80 valence electrons. The number of carboxylic acids is 1. The van der Waals surface area contributed by atoms with Gasteiger partial charge in [0.15, 0.2) is 5.69 Å². The van der Waals surface area contributed by atoms with E-state index >= 15 is 0 Å². The number of aromatic carboxylic acids is 1. The van der Waals surface area contributed by atoms with Crippen molar-refractivity contribution < 1.29 is 14.3 Å². The van der Waals surface area contributed by atoms with E-state index in [-0.39, 0.29) is 5.69 Å². The van der Waals surface area contributed by atoms with Gasteiger partial charge in [-0.25, -0.2) is 4.79 Å². The molecule has 0 aliphatic carbocycles. The van der Waals surface area contributed by atoms with Crippen LogP contribution in [0, 0.1) is 0 Å². The van der Waals surface area contributed by atoms with Gasteiger partial charge in [0.2, 0.25) is 0 Å². The fraction of sp³-hybridized carbons (Fsp3) is 0.400. The Hall–Kier alpha value is -1.78. The van der Waals surface area contributed by atoms with Crippen molar-refractivity contribution in [1.82, 2.24) is 4.98 Å². The molecule has 0 unspecified atom stereocenters. The Bertz CT molecular complexity index is 409. The van der Waals surface area contributed by atoms with Gasteiger partial charge >= 0.3 is 5.97 Å². The summed E-state index contributed by atoms with van der Waals surface area (Å²) in [4.78, 5) is 16.4.